The highest BCUT2D eigenvalue weighted by molar-refractivity contribution is 6.30. The van der Waals surface area contributed by atoms with Crippen molar-refractivity contribution in [1.29, 1.82) is 0 Å². The smallest absolute Gasteiger partial charge is 0.252 e. The zero-order chi connectivity index (χ0) is 19.5. The second-order valence-electron chi connectivity index (χ2n) is 6.53. The van der Waals surface area contributed by atoms with Crippen molar-refractivity contribution >= 4 is 28.4 Å². The summed E-state index contributed by atoms with van der Waals surface area (Å²) in [5.74, 6) is -0.136. The molecule has 2 aromatic heterocycles. The molecule has 0 spiro atoms. The Morgan fingerprint density at radius 3 is 2.71 bits per heavy atom. The number of nitrogens with one attached hydrogen (secondary N) is 1. The summed E-state index contributed by atoms with van der Waals surface area (Å²) < 4.78 is 0. The Kier molecular flexibility index (Phi) is 5.04. The lowest BCUT2D eigenvalue weighted by Gasteiger charge is -2.15. The van der Waals surface area contributed by atoms with E-state index in [1.807, 2.05) is 67.6 Å². The van der Waals surface area contributed by atoms with Gasteiger partial charge in [-0.05, 0) is 42.3 Å². The van der Waals surface area contributed by atoms with Crippen LogP contribution >= 0.6 is 11.6 Å². The molecule has 4 aromatic rings. The van der Waals surface area contributed by atoms with Gasteiger partial charge in [-0.1, -0.05) is 48.0 Å². The molecule has 2 heterocycles. The van der Waals surface area contributed by atoms with E-state index in [1.165, 1.54) is 0 Å². The SMILES string of the molecule is Cc1c(-c2cccc(Cl)c2)nc2ccccc2c1C(=O)NCc1cccnc1. The molecule has 0 aliphatic rings. The van der Waals surface area contributed by atoms with Gasteiger partial charge in [0, 0.05) is 34.9 Å². The minimum Gasteiger partial charge on any atom is -0.348 e. The summed E-state index contributed by atoms with van der Waals surface area (Å²) in [6, 6.07) is 19.0. The number of nitrogens with zero attached hydrogens (tertiary/aromatic N) is 2. The maximum atomic E-state index is 13.1. The van der Waals surface area contributed by atoms with Gasteiger partial charge in [0.15, 0.2) is 0 Å². The van der Waals surface area contributed by atoms with Crippen LogP contribution in [0.4, 0.5) is 0 Å². The van der Waals surface area contributed by atoms with Crippen LogP contribution < -0.4 is 5.32 Å². The first-order valence-corrected chi connectivity index (χ1v) is 9.33. The first kappa shape index (κ1) is 18.1. The average Bonchev–Trinajstić information content (AvgIpc) is 2.72. The third-order valence-electron chi connectivity index (χ3n) is 4.64. The second kappa shape index (κ2) is 7.79. The predicted molar refractivity (Wildman–Crippen MR) is 112 cm³/mol. The van der Waals surface area contributed by atoms with Crippen LogP contribution in [-0.2, 0) is 6.54 Å². The molecule has 0 fully saturated rings. The fourth-order valence-electron chi connectivity index (χ4n) is 3.29. The van der Waals surface area contributed by atoms with Gasteiger partial charge in [-0.15, -0.1) is 0 Å². The van der Waals surface area contributed by atoms with Crippen molar-refractivity contribution in [1.82, 2.24) is 15.3 Å². The van der Waals surface area contributed by atoms with Crippen LogP contribution in [0.1, 0.15) is 21.5 Å². The lowest BCUT2D eigenvalue weighted by atomic mass is 9.97. The first-order chi connectivity index (χ1) is 13.6. The van der Waals surface area contributed by atoms with Crippen molar-refractivity contribution in [2.75, 3.05) is 0 Å². The molecule has 2 aromatic carbocycles. The Balaban J connectivity index is 1.80. The maximum Gasteiger partial charge on any atom is 0.252 e. The number of carbonyl (C=O) groups excluding carboxylic acids is 1. The topological polar surface area (TPSA) is 54.9 Å². The molecule has 0 saturated carbocycles. The fourth-order valence-corrected chi connectivity index (χ4v) is 3.48. The molecule has 0 aliphatic carbocycles. The lowest BCUT2D eigenvalue weighted by molar-refractivity contribution is 0.0952. The van der Waals surface area contributed by atoms with Crippen molar-refractivity contribution in [2.24, 2.45) is 0 Å². The van der Waals surface area contributed by atoms with Gasteiger partial charge >= 0.3 is 0 Å². The molecule has 0 radical (unpaired) electrons. The number of halogens is 1. The molecular formula is C23H18ClN3O. The number of rotatable bonds is 4. The molecule has 138 valence electrons. The number of amides is 1. The number of carbonyl (C=O) groups is 1. The van der Waals surface area contributed by atoms with E-state index in [2.05, 4.69) is 10.3 Å². The molecule has 1 amide bonds. The van der Waals surface area contributed by atoms with Gasteiger partial charge in [0.05, 0.1) is 16.8 Å². The second-order valence-corrected chi connectivity index (χ2v) is 6.97. The number of hydrogen-bond acceptors (Lipinski definition) is 3. The van der Waals surface area contributed by atoms with E-state index < -0.39 is 0 Å². The molecule has 5 heteroatoms. The van der Waals surface area contributed by atoms with Crippen molar-refractivity contribution in [3.63, 3.8) is 0 Å². The molecule has 0 atom stereocenters. The van der Waals surface area contributed by atoms with Gasteiger partial charge in [-0.3, -0.25) is 9.78 Å². The van der Waals surface area contributed by atoms with Crippen molar-refractivity contribution in [2.45, 2.75) is 13.5 Å². The van der Waals surface area contributed by atoms with Crippen LogP contribution in [0.2, 0.25) is 5.02 Å². The van der Waals surface area contributed by atoms with Gasteiger partial charge < -0.3 is 5.32 Å². The minimum absolute atomic E-state index is 0.136. The van der Waals surface area contributed by atoms with Gasteiger partial charge in [-0.25, -0.2) is 4.98 Å². The van der Waals surface area contributed by atoms with Crippen molar-refractivity contribution < 1.29 is 4.79 Å². The standard InChI is InChI=1S/C23H18ClN3O/c1-15-21(23(28)26-14-16-6-5-11-25-13-16)19-9-2-3-10-20(19)27-22(15)17-7-4-8-18(24)12-17/h2-13H,14H2,1H3,(H,26,28). The van der Waals surface area contributed by atoms with Gasteiger partial charge in [0.25, 0.3) is 5.91 Å². The van der Waals surface area contributed by atoms with Crippen molar-refractivity contribution in [3.8, 4) is 11.3 Å². The van der Waals surface area contributed by atoms with Crippen LogP contribution in [0.25, 0.3) is 22.2 Å². The van der Waals surface area contributed by atoms with E-state index in [0.29, 0.717) is 17.1 Å². The zero-order valence-corrected chi connectivity index (χ0v) is 16.1. The summed E-state index contributed by atoms with van der Waals surface area (Å²) >= 11 is 6.17. The average molecular weight is 388 g/mol. The summed E-state index contributed by atoms with van der Waals surface area (Å²) in [5.41, 5.74) is 4.82. The molecule has 0 unspecified atom stereocenters. The highest BCUT2D eigenvalue weighted by Crippen LogP contribution is 2.30. The third-order valence-corrected chi connectivity index (χ3v) is 4.87. The van der Waals surface area contributed by atoms with Gasteiger partial charge in [0.1, 0.15) is 0 Å². The van der Waals surface area contributed by atoms with E-state index in [1.54, 1.807) is 12.4 Å². The van der Waals surface area contributed by atoms with E-state index in [0.717, 1.165) is 33.3 Å². The van der Waals surface area contributed by atoms with E-state index >= 15 is 0 Å². The van der Waals surface area contributed by atoms with Gasteiger partial charge in [-0.2, -0.15) is 0 Å². The Morgan fingerprint density at radius 1 is 1.07 bits per heavy atom. The number of fused-ring (bicyclic) bond motifs is 1. The summed E-state index contributed by atoms with van der Waals surface area (Å²) in [6.07, 6.45) is 3.46. The summed E-state index contributed by atoms with van der Waals surface area (Å²) in [5, 5.41) is 4.47. The quantitative estimate of drug-likeness (QED) is 0.524. The zero-order valence-electron chi connectivity index (χ0n) is 15.3. The highest BCUT2D eigenvalue weighted by atomic mass is 35.5. The molecule has 4 rings (SSSR count). The van der Waals surface area contributed by atoms with Crippen LogP contribution in [0, 0.1) is 6.92 Å². The number of aromatic nitrogens is 2. The molecule has 4 nitrogen and oxygen atoms in total. The Morgan fingerprint density at radius 2 is 1.93 bits per heavy atom. The number of benzene rings is 2. The monoisotopic (exact) mass is 387 g/mol. The summed E-state index contributed by atoms with van der Waals surface area (Å²) in [7, 11) is 0. The van der Waals surface area contributed by atoms with Crippen LogP contribution in [-0.4, -0.2) is 15.9 Å². The summed E-state index contributed by atoms with van der Waals surface area (Å²) in [6.45, 7) is 2.34. The minimum atomic E-state index is -0.136. The fraction of sp³-hybridized carbons (Fsp3) is 0.0870. The normalized spacial score (nSPS) is 10.8. The Labute approximate surface area is 168 Å². The number of para-hydroxylation sites is 1. The molecule has 0 bridgehead atoms. The molecule has 0 saturated heterocycles. The van der Waals surface area contributed by atoms with E-state index in [4.69, 9.17) is 16.6 Å². The number of pyridine rings is 2. The molecular weight excluding hydrogens is 370 g/mol. The van der Waals surface area contributed by atoms with Crippen LogP contribution in [0.15, 0.2) is 73.1 Å². The predicted octanol–water partition coefficient (Wildman–Crippen LogP) is 5.19. The third kappa shape index (κ3) is 3.59. The van der Waals surface area contributed by atoms with E-state index in [-0.39, 0.29) is 5.91 Å². The van der Waals surface area contributed by atoms with Crippen LogP contribution in [0.5, 0.6) is 0 Å². The van der Waals surface area contributed by atoms with Crippen molar-refractivity contribution in [3.05, 3.63) is 94.8 Å². The molecule has 0 aliphatic heterocycles. The van der Waals surface area contributed by atoms with Crippen LogP contribution in [0.3, 0.4) is 0 Å². The Hall–Kier alpha value is -3.24. The molecule has 28 heavy (non-hydrogen) atoms. The van der Waals surface area contributed by atoms with E-state index in [9.17, 15) is 4.79 Å². The number of hydrogen-bond donors (Lipinski definition) is 1. The largest absolute Gasteiger partial charge is 0.348 e. The first-order valence-electron chi connectivity index (χ1n) is 8.96. The summed E-state index contributed by atoms with van der Waals surface area (Å²) in [4.78, 5) is 22.0. The maximum absolute atomic E-state index is 13.1. The Bertz CT molecular complexity index is 1160. The highest BCUT2D eigenvalue weighted by Gasteiger charge is 2.18. The molecule has 1 N–H and O–H groups in total. The lowest BCUT2D eigenvalue weighted by Crippen LogP contribution is -2.24. The van der Waals surface area contributed by atoms with Gasteiger partial charge in [0.2, 0.25) is 0 Å².